The molecule has 0 aliphatic heterocycles. The van der Waals surface area contributed by atoms with E-state index in [1.807, 2.05) is 6.07 Å². The maximum atomic E-state index is 4.46. The van der Waals surface area contributed by atoms with Gasteiger partial charge in [-0.05, 0) is 11.5 Å². The van der Waals surface area contributed by atoms with E-state index >= 15 is 0 Å². The van der Waals surface area contributed by atoms with Gasteiger partial charge in [-0.1, -0.05) is 44.2 Å². The van der Waals surface area contributed by atoms with Gasteiger partial charge < -0.3 is 9.88 Å². The van der Waals surface area contributed by atoms with Crippen LogP contribution in [-0.4, -0.2) is 26.5 Å². The number of rotatable bonds is 5. The minimum Gasteiger partial charge on any atom is -0.350 e. The van der Waals surface area contributed by atoms with Gasteiger partial charge in [-0.25, -0.2) is 15.0 Å². The van der Waals surface area contributed by atoms with Crippen LogP contribution >= 0.6 is 0 Å². The van der Waals surface area contributed by atoms with Gasteiger partial charge >= 0.3 is 0 Å². The first kappa shape index (κ1) is 13.5. The molecule has 0 unspecified atom stereocenters. The molecular formula is C16H19N5. The Labute approximate surface area is 124 Å². The molecule has 0 aliphatic rings. The van der Waals surface area contributed by atoms with E-state index in [0.717, 1.165) is 30.1 Å². The third-order valence-electron chi connectivity index (χ3n) is 3.30. The predicted molar refractivity (Wildman–Crippen MR) is 84.0 cm³/mol. The standard InChI is InChI=1S/C16H19N5/c1-12(2)8-21(9-13-6-4-3-5-7-13)16-14-15(18-10-17-14)19-11-20-16/h3-7,10-12H,8-9H2,1-2H3,(H,17,18,19,20). The smallest absolute Gasteiger partial charge is 0.162 e. The molecule has 0 aliphatic carbocycles. The number of aromatic nitrogens is 4. The average Bonchev–Trinajstić information content (AvgIpc) is 2.95. The Morgan fingerprint density at radius 2 is 1.90 bits per heavy atom. The third-order valence-corrected chi connectivity index (χ3v) is 3.30. The van der Waals surface area contributed by atoms with Crippen molar-refractivity contribution >= 4 is 17.0 Å². The summed E-state index contributed by atoms with van der Waals surface area (Å²) in [5.74, 6) is 1.43. The molecule has 0 spiro atoms. The first-order valence-corrected chi connectivity index (χ1v) is 7.17. The number of aromatic amines is 1. The summed E-state index contributed by atoms with van der Waals surface area (Å²) in [4.78, 5) is 18.4. The monoisotopic (exact) mass is 281 g/mol. The Bertz CT molecular complexity index is 705. The lowest BCUT2D eigenvalue weighted by Crippen LogP contribution is -2.28. The molecule has 3 aromatic rings. The van der Waals surface area contributed by atoms with Crippen molar-refractivity contribution in [3.05, 3.63) is 48.5 Å². The summed E-state index contributed by atoms with van der Waals surface area (Å²) < 4.78 is 0. The molecule has 1 N–H and O–H groups in total. The Hall–Kier alpha value is -2.43. The van der Waals surface area contributed by atoms with Crippen LogP contribution in [0.1, 0.15) is 19.4 Å². The Balaban J connectivity index is 1.97. The lowest BCUT2D eigenvalue weighted by atomic mass is 10.1. The van der Waals surface area contributed by atoms with Crippen LogP contribution < -0.4 is 4.90 Å². The molecule has 0 amide bonds. The molecule has 0 radical (unpaired) electrons. The van der Waals surface area contributed by atoms with Crippen molar-refractivity contribution in [3.8, 4) is 0 Å². The molecule has 0 fully saturated rings. The van der Waals surface area contributed by atoms with Crippen molar-refractivity contribution in [2.45, 2.75) is 20.4 Å². The van der Waals surface area contributed by atoms with Gasteiger partial charge in [0.1, 0.15) is 11.8 Å². The van der Waals surface area contributed by atoms with E-state index in [2.05, 4.69) is 62.9 Å². The van der Waals surface area contributed by atoms with Gasteiger partial charge in [0.25, 0.3) is 0 Å². The highest BCUT2D eigenvalue weighted by atomic mass is 15.2. The SMILES string of the molecule is CC(C)CN(Cc1ccccc1)c1ncnc2[nH]cnc12. The lowest BCUT2D eigenvalue weighted by molar-refractivity contribution is 0.605. The van der Waals surface area contributed by atoms with Gasteiger partial charge in [-0.3, -0.25) is 0 Å². The molecule has 0 bridgehead atoms. The van der Waals surface area contributed by atoms with Crippen LogP contribution in [0, 0.1) is 5.92 Å². The van der Waals surface area contributed by atoms with E-state index in [1.165, 1.54) is 5.56 Å². The normalized spacial score (nSPS) is 11.2. The van der Waals surface area contributed by atoms with Crippen LogP contribution in [0.15, 0.2) is 43.0 Å². The quantitative estimate of drug-likeness (QED) is 0.781. The fourth-order valence-corrected chi connectivity index (χ4v) is 2.45. The second-order valence-corrected chi connectivity index (χ2v) is 5.56. The highest BCUT2D eigenvalue weighted by Crippen LogP contribution is 2.22. The number of H-pyrrole nitrogens is 1. The molecule has 108 valence electrons. The lowest BCUT2D eigenvalue weighted by Gasteiger charge is -2.25. The van der Waals surface area contributed by atoms with Crippen molar-refractivity contribution < 1.29 is 0 Å². The fourth-order valence-electron chi connectivity index (χ4n) is 2.45. The summed E-state index contributed by atoms with van der Waals surface area (Å²) in [5.41, 5.74) is 2.87. The van der Waals surface area contributed by atoms with Crippen molar-refractivity contribution in [2.24, 2.45) is 5.92 Å². The van der Waals surface area contributed by atoms with Crippen molar-refractivity contribution in [1.82, 2.24) is 19.9 Å². The molecule has 5 heteroatoms. The number of hydrogen-bond donors (Lipinski definition) is 1. The van der Waals surface area contributed by atoms with Gasteiger partial charge in [0, 0.05) is 13.1 Å². The molecule has 0 saturated carbocycles. The summed E-state index contributed by atoms with van der Waals surface area (Å²) in [6.07, 6.45) is 3.26. The summed E-state index contributed by atoms with van der Waals surface area (Å²) in [6, 6.07) is 10.4. The van der Waals surface area contributed by atoms with Gasteiger partial charge in [0.05, 0.1) is 6.33 Å². The largest absolute Gasteiger partial charge is 0.350 e. The fraction of sp³-hybridized carbons (Fsp3) is 0.312. The summed E-state index contributed by atoms with van der Waals surface area (Å²) in [6.45, 7) is 6.16. The van der Waals surface area contributed by atoms with Gasteiger partial charge in [-0.15, -0.1) is 0 Å². The molecule has 0 saturated heterocycles. The zero-order chi connectivity index (χ0) is 14.7. The highest BCUT2D eigenvalue weighted by Gasteiger charge is 2.15. The first-order chi connectivity index (χ1) is 10.2. The van der Waals surface area contributed by atoms with Gasteiger partial charge in [-0.2, -0.15) is 0 Å². The number of benzene rings is 1. The zero-order valence-corrected chi connectivity index (χ0v) is 12.3. The van der Waals surface area contributed by atoms with Gasteiger partial charge in [0.15, 0.2) is 11.5 Å². The summed E-state index contributed by atoms with van der Waals surface area (Å²) in [7, 11) is 0. The molecule has 5 nitrogen and oxygen atoms in total. The number of fused-ring (bicyclic) bond motifs is 1. The molecule has 0 atom stereocenters. The van der Waals surface area contributed by atoms with Crippen LogP contribution in [0.5, 0.6) is 0 Å². The number of imidazole rings is 1. The molecule has 1 aromatic carbocycles. The van der Waals surface area contributed by atoms with Crippen LogP contribution in [0.2, 0.25) is 0 Å². The van der Waals surface area contributed by atoms with E-state index in [-0.39, 0.29) is 0 Å². The van der Waals surface area contributed by atoms with Crippen LogP contribution in [0.3, 0.4) is 0 Å². The summed E-state index contributed by atoms with van der Waals surface area (Å²) >= 11 is 0. The van der Waals surface area contributed by atoms with E-state index < -0.39 is 0 Å². The second-order valence-electron chi connectivity index (χ2n) is 5.56. The van der Waals surface area contributed by atoms with Crippen LogP contribution in [0.25, 0.3) is 11.2 Å². The third kappa shape index (κ3) is 3.02. The average molecular weight is 281 g/mol. The van der Waals surface area contributed by atoms with E-state index in [1.54, 1.807) is 12.7 Å². The van der Waals surface area contributed by atoms with Crippen molar-refractivity contribution in [2.75, 3.05) is 11.4 Å². The topological polar surface area (TPSA) is 57.7 Å². The molecule has 2 aromatic heterocycles. The number of hydrogen-bond acceptors (Lipinski definition) is 4. The van der Waals surface area contributed by atoms with E-state index in [9.17, 15) is 0 Å². The molecular weight excluding hydrogens is 262 g/mol. The number of nitrogens with one attached hydrogen (secondary N) is 1. The summed E-state index contributed by atoms with van der Waals surface area (Å²) in [5, 5.41) is 0. The zero-order valence-electron chi connectivity index (χ0n) is 12.3. The van der Waals surface area contributed by atoms with E-state index in [0.29, 0.717) is 5.92 Å². The molecule has 21 heavy (non-hydrogen) atoms. The Morgan fingerprint density at radius 3 is 2.67 bits per heavy atom. The van der Waals surface area contributed by atoms with E-state index in [4.69, 9.17) is 0 Å². The highest BCUT2D eigenvalue weighted by molar-refractivity contribution is 5.82. The maximum absolute atomic E-state index is 4.46. The minimum absolute atomic E-state index is 0.540. The van der Waals surface area contributed by atoms with Crippen molar-refractivity contribution in [1.29, 1.82) is 0 Å². The number of nitrogens with zero attached hydrogens (tertiary/aromatic N) is 4. The molecule has 3 rings (SSSR count). The maximum Gasteiger partial charge on any atom is 0.162 e. The van der Waals surface area contributed by atoms with Crippen LogP contribution in [-0.2, 0) is 6.54 Å². The van der Waals surface area contributed by atoms with Crippen LogP contribution in [0.4, 0.5) is 5.82 Å². The minimum atomic E-state index is 0.540. The Morgan fingerprint density at radius 1 is 1.10 bits per heavy atom. The number of anilines is 1. The van der Waals surface area contributed by atoms with Crippen molar-refractivity contribution in [3.63, 3.8) is 0 Å². The van der Waals surface area contributed by atoms with Gasteiger partial charge in [0.2, 0.25) is 0 Å². The Kier molecular flexibility index (Phi) is 3.81. The predicted octanol–water partition coefficient (Wildman–Crippen LogP) is 3.02. The first-order valence-electron chi connectivity index (χ1n) is 7.17. The second kappa shape index (κ2) is 5.91. The molecule has 2 heterocycles.